The average Bonchev–Trinajstić information content (AvgIpc) is 3.11. The van der Waals surface area contributed by atoms with E-state index < -0.39 is 0 Å². The molecular weight excluding hydrogens is 373 g/mol. The largest absolute Gasteiger partial charge is 0.394 e. The zero-order chi connectivity index (χ0) is 20.8. The number of carbonyl (C=O) groups excluding carboxylic acids is 1. The lowest BCUT2D eigenvalue weighted by Gasteiger charge is -2.19. The number of hydrogen-bond donors (Lipinski definition) is 2. The number of nitrogens with one attached hydrogen (secondary N) is 1. The van der Waals surface area contributed by atoms with Gasteiger partial charge in [-0.2, -0.15) is 5.10 Å². The molecule has 6 nitrogen and oxygen atoms in total. The predicted octanol–water partition coefficient (Wildman–Crippen LogP) is 3.01. The van der Waals surface area contributed by atoms with Gasteiger partial charge in [0.2, 0.25) is 0 Å². The van der Waals surface area contributed by atoms with E-state index in [1.54, 1.807) is 25.2 Å². The summed E-state index contributed by atoms with van der Waals surface area (Å²) in [5.41, 5.74) is 3.74. The van der Waals surface area contributed by atoms with Gasteiger partial charge in [0.1, 0.15) is 11.5 Å². The van der Waals surface area contributed by atoms with Gasteiger partial charge in [-0.1, -0.05) is 29.8 Å². The molecule has 0 aliphatic carbocycles. The molecule has 2 N–H and O–H groups in total. The first-order chi connectivity index (χ1) is 14.0. The molecule has 3 rings (SSSR count). The van der Waals surface area contributed by atoms with Crippen LogP contribution in [0.2, 0.25) is 0 Å². The fraction of sp³-hybridized carbons (Fsp3) is 0.273. The van der Waals surface area contributed by atoms with E-state index in [1.165, 1.54) is 16.8 Å². The Kier molecular flexibility index (Phi) is 6.74. The van der Waals surface area contributed by atoms with E-state index in [4.69, 9.17) is 9.84 Å². The van der Waals surface area contributed by atoms with Gasteiger partial charge in [-0.15, -0.1) is 0 Å². The van der Waals surface area contributed by atoms with Crippen molar-refractivity contribution in [2.75, 3.05) is 19.8 Å². The average molecular weight is 397 g/mol. The summed E-state index contributed by atoms with van der Waals surface area (Å²) in [6, 6.07) is 15.5. The second-order valence-corrected chi connectivity index (χ2v) is 6.75. The lowest BCUT2D eigenvalue weighted by Crippen LogP contribution is -2.31. The fourth-order valence-electron chi connectivity index (χ4n) is 2.97. The molecule has 0 saturated heterocycles. The van der Waals surface area contributed by atoms with Crippen molar-refractivity contribution in [1.29, 1.82) is 0 Å². The predicted molar refractivity (Wildman–Crippen MR) is 108 cm³/mol. The summed E-state index contributed by atoms with van der Waals surface area (Å²) >= 11 is 0. The normalized spacial score (nSPS) is 12.0. The van der Waals surface area contributed by atoms with E-state index in [0.29, 0.717) is 11.4 Å². The van der Waals surface area contributed by atoms with Crippen LogP contribution in [-0.2, 0) is 11.8 Å². The third-order valence-corrected chi connectivity index (χ3v) is 4.56. The Morgan fingerprint density at radius 2 is 1.90 bits per heavy atom. The van der Waals surface area contributed by atoms with Gasteiger partial charge >= 0.3 is 0 Å². The Hall–Kier alpha value is -3.03. The number of aromatic nitrogens is 2. The van der Waals surface area contributed by atoms with E-state index >= 15 is 0 Å². The maximum absolute atomic E-state index is 13.1. The van der Waals surface area contributed by atoms with Gasteiger partial charge < -0.3 is 15.2 Å². The van der Waals surface area contributed by atoms with Crippen molar-refractivity contribution < 1.29 is 19.0 Å². The zero-order valence-electron chi connectivity index (χ0n) is 16.4. The van der Waals surface area contributed by atoms with Gasteiger partial charge in [0, 0.05) is 19.2 Å². The van der Waals surface area contributed by atoms with Crippen LogP contribution in [0.3, 0.4) is 0 Å². The van der Waals surface area contributed by atoms with Crippen LogP contribution in [0.4, 0.5) is 4.39 Å². The summed E-state index contributed by atoms with van der Waals surface area (Å²) in [5, 5.41) is 16.3. The van der Waals surface area contributed by atoms with Crippen LogP contribution in [0.25, 0.3) is 11.3 Å². The molecule has 1 unspecified atom stereocenters. The molecule has 2 aromatic carbocycles. The lowest BCUT2D eigenvalue weighted by atomic mass is 10.1. The molecule has 0 bridgehead atoms. The fourth-order valence-corrected chi connectivity index (χ4v) is 2.97. The monoisotopic (exact) mass is 397 g/mol. The number of ether oxygens (including phenoxy) is 1. The second kappa shape index (κ2) is 9.45. The van der Waals surface area contributed by atoms with Gasteiger partial charge in [0.15, 0.2) is 0 Å². The van der Waals surface area contributed by atoms with Crippen molar-refractivity contribution in [2.24, 2.45) is 7.05 Å². The van der Waals surface area contributed by atoms with E-state index in [1.807, 2.05) is 31.2 Å². The van der Waals surface area contributed by atoms with Gasteiger partial charge in [0.25, 0.3) is 5.91 Å². The maximum Gasteiger partial charge on any atom is 0.269 e. The van der Waals surface area contributed by atoms with E-state index in [0.717, 1.165) is 16.7 Å². The first kappa shape index (κ1) is 20.7. The van der Waals surface area contributed by atoms with Crippen LogP contribution < -0.4 is 5.32 Å². The molecule has 1 amide bonds. The summed E-state index contributed by atoms with van der Waals surface area (Å²) in [5.74, 6) is -0.620. The molecule has 0 saturated carbocycles. The van der Waals surface area contributed by atoms with Crippen molar-refractivity contribution in [3.8, 4) is 11.3 Å². The van der Waals surface area contributed by atoms with E-state index in [2.05, 4.69) is 10.4 Å². The summed E-state index contributed by atoms with van der Waals surface area (Å²) in [4.78, 5) is 12.7. The molecule has 29 heavy (non-hydrogen) atoms. The quantitative estimate of drug-likeness (QED) is 0.613. The number of aliphatic hydroxyl groups excluding tert-OH is 1. The number of hydrogen-bond acceptors (Lipinski definition) is 4. The summed E-state index contributed by atoms with van der Waals surface area (Å²) < 4.78 is 20.3. The number of carbonyl (C=O) groups is 1. The molecule has 1 atom stereocenters. The number of halogens is 1. The van der Waals surface area contributed by atoms with Gasteiger partial charge in [-0.3, -0.25) is 9.48 Å². The second-order valence-electron chi connectivity index (χ2n) is 6.75. The molecule has 152 valence electrons. The third kappa shape index (κ3) is 5.28. The highest BCUT2D eigenvalue weighted by atomic mass is 19.1. The number of amides is 1. The summed E-state index contributed by atoms with van der Waals surface area (Å²) in [6.45, 7) is 2.32. The van der Waals surface area contributed by atoms with Crippen molar-refractivity contribution >= 4 is 5.91 Å². The maximum atomic E-state index is 13.1. The first-order valence-corrected chi connectivity index (χ1v) is 9.35. The van der Waals surface area contributed by atoms with Crippen molar-refractivity contribution in [3.05, 3.63) is 77.2 Å². The van der Waals surface area contributed by atoms with Crippen LogP contribution in [0.1, 0.15) is 27.7 Å². The number of aliphatic hydroxyl groups is 1. The van der Waals surface area contributed by atoms with Crippen molar-refractivity contribution in [2.45, 2.75) is 13.0 Å². The van der Waals surface area contributed by atoms with E-state index in [9.17, 15) is 9.18 Å². The SMILES string of the molecule is Cc1ccc(C(CNC(=O)c2cc(-c3ccc(F)cc3)nn2C)OCCO)cc1. The highest BCUT2D eigenvalue weighted by Gasteiger charge is 2.18. The topological polar surface area (TPSA) is 76.4 Å². The molecule has 0 spiro atoms. The third-order valence-electron chi connectivity index (χ3n) is 4.56. The summed E-state index contributed by atoms with van der Waals surface area (Å²) in [7, 11) is 1.68. The molecule has 1 heterocycles. The standard InChI is InChI=1S/C22H24FN3O3/c1-15-3-5-17(6-4-15)21(29-12-11-27)14-24-22(28)20-13-19(25-26(20)2)16-7-9-18(23)10-8-16/h3-10,13,21,27H,11-12,14H2,1-2H3,(H,24,28). The Labute approximate surface area is 168 Å². The molecule has 0 fully saturated rings. The van der Waals surface area contributed by atoms with Crippen molar-refractivity contribution in [1.82, 2.24) is 15.1 Å². The molecule has 3 aromatic rings. The molecular formula is C22H24FN3O3. The molecule has 0 aliphatic rings. The van der Waals surface area contributed by atoms with Crippen molar-refractivity contribution in [3.63, 3.8) is 0 Å². The van der Waals surface area contributed by atoms with Crippen LogP contribution >= 0.6 is 0 Å². The minimum atomic E-state index is -0.378. The minimum Gasteiger partial charge on any atom is -0.394 e. The number of aryl methyl sites for hydroxylation is 2. The molecule has 1 aromatic heterocycles. The van der Waals surface area contributed by atoms with Gasteiger partial charge in [0.05, 0.1) is 25.0 Å². The van der Waals surface area contributed by atoms with Gasteiger partial charge in [-0.25, -0.2) is 4.39 Å². The summed E-state index contributed by atoms with van der Waals surface area (Å²) in [6.07, 6.45) is -0.378. The number of nitrogens with zero attached hydrogens (tertiary/aromatic N) is 2. The molecule has 0 aliphatic heterocycles. The smallest absolute Gasteiger partial charge is 0.269 e. The minimum absolute atomic E-state index is 0.0981. The number of rotatable bonds is 8. The number of benzene rings is 2. The van der Waals surface area contributed by atoms with Crippen LogP contribution in [0, 0.1) is 12.7 Å². The Bertz CT molecular complexity index is 952. The Morgan fingerprint density at radius 3 is 2.55 bits per heavy atom. The highest BCUT2D eigenvalue weighted by Crippen LogP contribution is 2.20. The van der Waals surface area contributed by atoms with Gasteiger partial charge in [-0.05, 0) is 42.8 Å². The molecule has 0 radical (unpaired) electrons. The lowest BCUT2D eigenvalue weighted by molar-refractivity contribution is 0.0276. The molecule has 7 heteroatoms. The highest BCUT2D eigenvalue weighted by molar-refractivity contribution is 5.93. The first-order valence-electron chi connectivity index (χ1n) is 9.35. The van der Waals surface area contributed by atoms with Crippen LogP contribution in [0.15, 0.2) is 54.6 Å². The Balaban J connectivity index is 1.71. The van der Waals surface area contributed by atoms with E-state index in [-0.39, 0.29) is 37.6 Å². The van der Waals surface area contributed by atoms with Crippen LogP contribution in [0.5, 0.6) is 0 Å². The zero-order valence-corrected chi connectivity index (χ0v) is 16.4. The Morgan fingerprint density at radius 1 is 1.21 bits per heavy atom. The van der Waals surface area contributed by atoms with Crippen LogP contribution in [-0.4, -0.2) is 40.6 Å².